The summed E-state index contributed by atoms with van der Waals surface area (Å²) < 4.78 is 5.23. The predicted octanol–water partition coefficient (Wildman–Crippen LogP) is 1.20. The second-order valence-electron chi connectivity index (χ2n) is 2.15. The molecule has 1 aromatic heterocycles. The first-order chi connectivity index (χ1) is 5.43. The van der Waals surface area contributed by atoms with Gasteiger partial charge in [-0.3, -0.25) is 0 Å². The Labute approximate surface area is 66.4 Å². The highest BCUT2D eigenvalue weighted by Gasteiger charge is 1.92. The molecule has 3 heteroatoms. The first-order valence-corrected chi connectivity index (χ1v) is 3.68. The molecule has 0 aliphatic heterocycles. The van der Waals surface area contributed by atoms with Crippen LogP contribution in [0.2, 0.25) is 0 Å². The van der Waals surface area contributed by atoms with Gasteiger partial charge >= 0.3 is 0 Å². The van der Waals surface area contributed by atoms with Crippen molar-refractivity contribution in [1.29, 1.82) is 0 Å². The fraction of sp³-hybridized carbons (Fsp3) is 0.500. The summed E-state index contributed by atoms with van der Waals surface area (Å²) in [5.74, 6) is 0.720. The lowest BCUT2D eigenvalue weighted by atomic mass is 10.5. The van der Waals surface area contributed by atoms with Crippen LogP contribution in [0.3, 0.4) is 0 Å². The molecule has 0 fully saturated rings. The average molecular weight is 151 g/mol. The Morgan fingerprint density at radius 1 is 1.45 bits per heavy atom. The van der Waals surface area contributed by atoms with Gasteiger partial charge in [-0.2, -0.15) is 0 Å². The molecule has 1 aromatic rings. The van der Waals surface area contributed by atoms with Gasteiger partial charge in [0, 0.05) is 25.1 Å². The van der Waals surface area contributed by atoms with E-state index < -0.39 is 0 Å². The molecule has 0 aliphatic carbocycles. The highest BCUT2D eigenvalue weighted by Crippen LogP contribution is 1.91. The maximum Gasteiger partial charge on any atom is 0.153 e. The Bertz CT molecular complexity index is 189. The lowest BCUT2D eigenvalue weighted by molar-refractivity contribution is 0.116. The van der Waals surface area contributed by atoms with E-state index in [9.17, 15) is 0 Å². The molecule has 0 N–H and O–H groups in total. The summed E-state index contributed by atoms with van der Waals surface area (Å²) >= 11 is 0. The van der Waals surface area contributed by atoms with Crippen LogP contribution in [0.4, 0.5) is 0 Å². The number of hydrogen-bond donors (Lipinski definition) is 0. The largest absolute Gasteiger partial charge is 0.373 e. The highest BCUT2D eigenvalue weighted by atomic mass is 16.5. The zero-order valence-corrected chi connectivity index (χ0v) is 6.58. The van der Waals surface area contributed by atoms with Crippen LogP contribution in [0.25, 0.3) is 0 Å². The minimum absolute atomic E-state index is 0.502. The van der Waals surface area contributed by atoms with Gasteiger partial charge in [-0.15, -0.1) is 0 Å². The van der Waals surface area contributed by atoms with Crippen LogP contribution in [0.1, 0.15) is 19.2 Å². The molecule has 0 aromatic carbocycles. The van der Waals surface area contributed by atoms with Crippen molar-refractivity contribution in [3.05, 3.63) is 24.3 Å². The number of rotatable bonds is 4. The van der Waals surface area contributed by atoms with Crippen LogP contribution in [-0.2, 0) is 11.3 Å². The summed E-state index contributed by atoms with van der Waals surface area (Å²) in [7, 11) is 0. The third-order valence-corrected chi connectivity index (χ3v) is 1.16. The summed E-state index contributed by atoms with van der Waals surface area (Å²) in [6, 6.07) is 2.75. The summed E-state index contributed by atoms with van der Waals surface area (Å²) in [6.07, 6.45) is 4.22. The average Bonchev–Trinajstić information content (AvgIpc) is 2.07. The summed E-state index contributed by atoms with van der Waals surface area (Å²) in [5, 5.41) is 0. The van der Waals surface area contributed by atoms with Gasteiger partial charge in [0.2, 0.25) is 0 Å². The van der Waals surface area contributed by atoms with Crippen molar-refractivity contribution < 1.29 is 4.74 Å². The van der Waals surface area contributed by atoms with E-state index in [1.54, 1.807) is 12.4 Å². The van der Waals surface area contributed by atoms with E-state index in [4.69, 9.17) is 4.74 Å². The van der Waals surface area contributed by atoms with Crippen LogP contribution >= 0.6 is 0 Å². The maximum absolute atomic E-state index is 5.23. The van der Waals surface area contributed by atoms with E-state index in [0.717, 1.165) is 18.9 Å². The van der Waals surface area contributed by atoms with E-state index in [1.165, 1.54) is 0 Å². The molecule has 0 amide bonds. The zero-order valence-electron chi connectivity index (χ0n) is 6.58. The molecule has 59 valence electrons. The van der Waals surface area contributed by atoms with Crippen molar-refractivity contribution in [3.8, 4) is 0 Å². The van der Waals surface area contributed by atoms with Gasteiger partial charge in [-0.1, -0.05) is 6.92 Å². The molecule has 1 rings (SSSR count). The second-order valence-corrected chi connectivity index (χ2v) is 2.15. The summed E-state index contributed by atoms with van der Waals surface area (Å²) in [6.45, 7) is 3.34. The monoisotopic (exact) mass is 151 g/mol. The van der Waals surface area contributed by atoms with Crippen LogP contribution in [0.5, 0.6) is 0 Å². The third-order valence-electron chi connectivity index (χ3n) is 1.16. The smallest absolute Gasteiger partial charge is 0.153 e. The fourth-order valence-electron chi connectivity index (χ4n) is 0.673. The Kier molecular flexibility index (Phi) is 3.55. The van der Waals surface area contributed by atoms with Gasteiger partial charge in [0.05, 0.1) is 0 Å². The Balaban J connectivity index is 2.28. The molecule has 0 atom stereocenters. The molecule has 1 radical (unpaired) electrons. The Morgan fingerprint density at radius 2 is 2.18 bits per heavy atom. The van der Waals surface area contributed by atoms with Crippen molar-refractivity contribution in [2.75, 3.05) is 6.61 Å². The van der Waals surface area contributed by atoms with Crippen molar-refractivity contribution >= 4 is 0 Å². The third kappa shape index (κ3) is 3.09. The van der Waals surface area contributed by atoms with Gasteiger partial charge in [0.25, 0.3) is 0 Å². The number of nitrogens with zero attached hydrogens (tertiary/aromatic N) is 2. The molecular formula is C8H11N2O. The Morgan fingerprint density at radius 3 is 2.82 bits per heavy atom. The zero-order chi connectivity index (χ0) is 7.94. The van der Waals surface area contributed by atoms with Crippen LogP contribution in [0.15, 0.2) is 12.4 Å². The van der Waals surface area contributed by atoms with Crippen LogP contribution in [-0.4, -0.2) is 16.6 Å². The van der Waals surface area contributed by atoms with Gasteiger partial charge in [-0.05, 0) is 6.42 Å². The number of ether oxygens (including phenoxy) is 1. The van der Waals surface area contributed by atoms with Gasteiger partial charge in [0.1, 0.15) is 6.61 Å². The van der Waals surface area contributed by atoms with Gasteiger partial charge in [-0.25, -0.2) is 9.97 Å². The molecule has 0 aliphatic rings. The molecule has 0 saturated carbocycles. The topological polar surface area (TPSA) is 35.0 Å². The first-order valence-electron chi connectivity index (χ1n) is 3.68. The van der Waals surface area contributed by atoms with E-state index in [2.05, 4.69) is 23.0 Å². The fourth-order valence-corrected chi connectivity index (χ4v) is 0.673. The number of hydrogen-bond acceptors (Lipinski definition) is 3. The van der Waals surface area contributed by atoms with E-state index in [1.807, 2.05) is 0 Å². The van der Waals surface area contributed by atoms with Gasteiger partial charge in [0.15, 0.2) is 5.82 Å². The normalized spacial score (nSPS) is 9.91. The molecule has 0 saturated heterocycles. The SMILES string of the molecule is CCCOCc1nc[c]cn1. The predicted molar refractivity (Wildman–Crippen MR) is 40.8 cm³/mol. The van der Waals surface area contributed by atoms with Crippen molar-refractivity contribution in [1.82, 2.24) is 9.97 Å². The standard InChI is InChI=1S/C8H11N2O/c1-2-6-11-7-8-9-4-3-5-10-8/h4-5H,2,6-7H2,1H3. The first kappa shape index (κ1) is 8.14. The molecule has 0 unspecified atom stereocenters. The van der Waals surface area contributed by atoms with E-state index in [0.29, 0.717) is 6.61 Å². The molecule has 1 heterocycles. The second kappa shape index (κ2) is 4.79. The van der Waals surface area contributed by atoms with Crippen molar-refractivity contribution in [2.45, 2.75) is 20.0 Å². The summed E-state index contributed by atoms with van der Waals surface area (Å²) in [4.78, 5) is 7.92. The minimum atomic E-state index is 0.502. The van der Waals surface area contributed by atoms with Crippen LogP contribution < -0.4 is 0 Å². The van der Waals surface area contributed by atoms with Crippen LogP contribution in [0, 0.1) is 6.07 Å². The maximum atomic E-state index is 5.23. The molecule has 3 nitrogen and oxygen atoms in total. The molecular weight excluding hydrogens is 140 g/mol. The summed E-state index contributed by atoms with van der Waals surface area (Å²) in [5.41, 5.74) is 0. The number of aromatic nitrogens is 2. The molecule has 0 bridgehead atoms. The minimum Gasteiger partial charge on any atom is -0.373 e. The Hall–Kier alpha value is -0.960. The highest BCUT2D eigenvalue weighted by molar-refractivity contribution is 4.84. The molecule has 11 heavy (non-hydrogen) atoms. The lowest BCUT2D eigenvalue weighted by Gasteiger charge is -1.98. The van der Waals surface area contributed by atoms with E-state index >= 15 is 0 Å². The van der Waals surface area contributed by atoms with Gasteiger partial charge < -0.3 is 4.74 Å². The molecule has 0 spiro atoms. The van der Waals surface area contributed by atoms with Crippen molar-refractivity contribution in [3.63, 3.8) is 0 Å². The van der Waals surface area contributed by atoms with E-state index in [-0.39, 0.29) is 0 Å². The van der Waals surface area contributed by atoms with Crippen molar-refractivity contribution in [2.24, 2.45) is 0 Å². The quantitative estimate of drug-likeness (QED) is 0.606. The lowest BCUT2D eigenvalue weighted by Crippen LogP contribution is -1.98.